The van der Waals surface area contributed by atoms with Crippen LogP contribution in [-0.2, 0) is 0 Å². The van der Waals surface area contributed by atoms with Crippen LogP contribution in [0.25, 0.3) is 16.6 Å². The summed E-state index contributed by atoms with van der Waals surface area (Å²) in [7, 11) is 0. The van der Waals surface area contributed by atoms with Crippen LogP contribution in [0.5, 0.6) is 11.6 Å². The lowest BCUT2D eigenvalue weighted by Gasteiger charge is -2.05. The van der Waals surface area contributed by atoms with Crippen molar-refractivity contribution in [1.29, 1.82) is 0 Å². The highest BCUT2D eigenvalue weighted by molar-refractivity contribution is 5.79. The number of tetrazole rings is 1. The Morgan fingerprint density at radius 1 is 1.05 bits per heavy atom. The second-order valence-corrected chi connectivity index (χ2v) is 4.16. The van der Waals surface area contributed by atoms with Crippen molar-refractivity contribution in [2.45, 2.75) is 0 Å². The van der Waals surface area contributed by atoms with Gasteiger partial charge in [-0.3, -0.25) is 4.98 Å². The molecule has 0 aliphatic heterocycles. The standard InChI is InChI=1S/C13H8N6O/c1-2-9-8-10(3-4-11(9)14-7-1)20-13-6-5-12-15-17-18-19(12)16-13/h1-8H. The Labute approximate surface area is 112 Å². The number of fused-ring (bicyclic) bond motifs is 2. The fourth-order valence-electron chi connectivity index (χ4n) is 1.93. The molecule has 96 valence electrons. The third kappa shape index (κ3) is 1.81. The first kappa shape index (κ1) is 10.8. The Balaban J connectivity index is 1.72. The van der Waals surface area contributed by atoms with Gasteiger partial charge in [-0.05, 0) is 40.8 Å². The first-order chi connectivity index (χ1) is 9.88. The van der Waals surface area contributed by atoms with Crippen LogP contribution in [0.1, 0.15) is 0 Å². The lowest BCUT2D eigenvalue weighted by Crippen LogP contribution is -1.97. The Bertz CT molecular complexity index is 903. The number of aromatic nitrogens is 6. The highest BCUT2D eigenvalue weighted by Crippen LogP contribution is 2.23. The molecule has 0 aliphatic rings. The molecule has 7 nitrogen and oxygen atoms in total. The lowest BCUT2D eigenvalue weighted by atomic mass is 10.2. The minimum absolute atomic E-state index is 0.424. The van der Waals surface area contributed by atoms with Gasteiger partial charge >= 0.3 is 0 Å². The molecule has 0 atom stereocenters. The molecule has 3 heterocycles. The van der Waals surface area contributed by atoms with Crippen molar-refractivity contribution in [1.82, 2.24) is 30.2 Å². The number of pyridine rings is 1. The van der Waals surface area contributed by atoms with Gasteiger partial charge < -0.3 is 4.74 Å². The van der Waals surface area contributed by atoms with E-state index < -0.39 is 0 Å². The zero-order valence-corrected chi connectivity index (χ0v) is 10.2. The summed E-state index contributed by atoms with van der Waals surface area (Å²) in [5.74, 6) is 1.11. The molecule has 0 unspecified atom stereocenters. The monoisotopic (exact) mass is 264 g/mol. The van der Waals surface area contributed by atoms with Crippen molar-refractivity contribution in [3.05, 3.63) is 48.7 Å². The summed E-state index contributed by atoms with van der Waals surface area (Å²) in [6.45, 7) is 0. The highest BCUT2D eigenvalue weighted by Gasteiger charge is 2.04. The van der Waals surface area contributed by atoms with E-state index in [4.69, 9.17) is 4.74 Å². The van der Waals surface area contributed by atoms with E-state index >= 15 is 0 Å². The van der Waals surface area contributed by atoms with E-state index in [2.05, 4.69) is 25.6 Å². The molecule has 0 radical (unpaired) electrons. The van der Waals surface area contributed by atoms with E-state index in [-0.39, 0.29) is 0 Å². The first-order valence-corrected chi connectivity index (χ1v) is 5.96. The second kappa shape index (κ2) is 4.23. The van der Waals surface area contributed by atoms with Gasteiger partial charge in [0.25, 0.3) is 0 Å². The molecule has 3 aromatic heterocycles. The maximum atomic E-state index is 5.71. The van der Waals surface area contributed by atoms with Crippen molar-refractivity contribution in [2.75, 3.05) is 0 Å². The molecule has 0 bridgehead atoms. The molecular weight excluding hydrogens is 256 g/mol. The number of nitrogens with zero attached hydrogens (tertiary/aromatic N) is 6. The van der Waals surface area contributed by atoms with Crippen LogP contribution < -0.4 is 4.74 Å². The predicted molar refractivity (Wildman–Crippen MR) is 70.4 cm³/mol. The topological polar surface area (TPSA) is 78.1 Å². The minimum Gasteiger partial charge on any atom is -0.437 e. The SMILES string of the molecule is c1cnc2ccc(Oc3ccc4nnnn4n3)cc2c1. The molecule has 0 N–H and O–H groups in total. The van der Waals surface area contributed by atoms with Crippen molar-refractivity contribution in [3.8, 4) is 11.6 Å². The molecule has 0 amide bonds. The van der Waals surface area contributed by atoms with Crippen LogP contribution in [0.3, 0.4) is 0 Å². The van der Waals surface area contributed by atoms with E-state index in [1.54, 1.807) is 18.3 Å². The van der Waals surface area contributed by atoms with Crippen molar-refractivity contribution >= 4 is 16.6 Å². The maximum Gasteiger partial charge on any atom is 0.239 e. The molecule has 4 aromatic rings. The molecule has 0 saturated heterocycles. The summed E-state index contributed by atoms with van der Waals surface area (Å²) >= 11 is 0. The average molecular weight is 264 g/mol. The molecule has 20 heavy (non-hydrogen) atoms. The third-order valence-corrected chi connectivity index (χ3v) is 2.84. The molecule has 0 aliphatic carbocycles. The Hall–Kier alpha value is -3.09. The largest absolute Gasteiger partial charge is 0.437 e. The van der Waals surface area contributed by atoms with E-state index in [0.29, 0.717) is 17.3 Å². The van der Waals surface area contributed by atoms with Gasteiger partial charge in [0.2, 0.25) is 5.88 Å². The van der Waals surface area contributed by atoms with Gasteiger partial charge in [-0.1, -0.05) is 6.07 Å². The van der Waals surface area contributed by atoms with E-state index in [1.807, 2.05) is 30.3 Å². The van der Waals surface area contributed by atoms with Gasteiger partial charge in [-0.2, -0.15) is 0 Å². The summed E-state index contributed by atoms with van der Waals surface area (Å²) in [6, 6.07) is 13.0. The van der Waals surface area contributed by atoms with Gasteiger partial charge in [-0.25, -0.2) is 0 Å². The van der Waals surface area contributed by atoms with Crippen LogP contribution in [0.4, 0.5) is 0 Å². The molecule has 0 saturated carbocycles. The van der Waals surface area contributed by atoms with Crippen LogP contribution in [0.15, 0.2) is 48.7 Å². The highest BCUT2D eigenvalue weighted by atomic mass is 16.5. The molecule has 7 heteroatoms. The molecule has 0 spiro atoms. The summed E-state index contributed by atoms with van der Waals surface area (Å²) in [5.41, 5.74) is 1.49. The normalized spacial score (nSPS) is 11.0. The average Bonchev–Trinajstić information content (AvgIpc) is 2.95. The maximum absolute atomic E-state index is 5.71. The Morgan fingerprint density at radius 2 is 2.05 bits per heavy atom. The Kier molecular flexibility index (Phi) is 2.28. The quantitative estimate of drug-likeness (QED) is 0.550. The van der Waals surface area contributed by atoms with Gasteiger partial charge in [0.05, 0.1) is 5.52 Å². The van der Waals surface area contributed by atoms with Gasteiger partial charge in [0.1, 0.15) is 5.75 Å². The second-order valence-electron chi connectivity index (χ2n) is 4.16. The molecular formula is C13H8N6O. The zero-order chi connectivity index (χ0) is 13.4. The molecule has 1 aromatic carbocycles. The zero-order valence-electron chi connectivity index (χ0n) is 10.2. The van der Waals surface area contributed by atoms with Crippen molar-refractivity contribution < 1.29 is 4.74 Å². The predicted octanol–water partition coefficient (Wildman–Crippen LogP) is 1.86. The van der Waals surface area contributed by atoms with Crippen molar-refractivity contribution in [3.63, 3.8) is 0 Å². The first-order valence-electron chi connectivity index (χ1n) is 5.96. The van der Waals surface area contributed by atoms with Gasteiger partial charge in [0.15, 0.2) is 5.65 Å². The fourth-order valence-corrected chi connectivity index (χ4v) is 1.93. The van der Waals surface area contributed by atoms with Crippen molar-refractivity contribution in [2.24, 2.45) is 0 Å². The number of hydrogen-bond donors (Lipinski definition) is 0. The van der Waals surface area contributed by atoms with Crippen LogP contribution in [0, 0.1) is 0 Å². The number of benzene rings is 1. The summed E-state index contributed by atoms with van der Waals surface area (Å²) in [4.78, 5) is 4.26. The molecule has 0 fully saturated rings. The van der Waals surface area contributed by atoms with E-state index in [1.165, 1.54) is 4.63 Å². The number of ether oxygens (including phenoxy) is 1. The lowest BCUT2D eigenvalue weighted by molar-refractivity contribution is 0.447. The number of hydrogen-bond acceptors (Lipinski definition) is 6. The Morgan fingerprint density at radius 3 is 3.05 bits per heavy atom. The summed E-state index contributed by atoms with van der Waals surface area (Å²) in [5, 5.41) is 16.2. The van der Waals surface area contributed by atoms with Gasteiger partial charge in [-0.15, -0.1) is 14.8 Å². The smallest absolute Gasteiger partial charge is 0.239 e. The van der Waals surface area contributed by atoms with Crippen LogP contribution in [0.2, 0.25) is 0 Å². The molecule has 4 rings (SSSR count). The fraction of sp³-hybridized carbons (Fsp3) is 0. The third-order valence-electron chi connectivity index (χ3n) is 2.84. The number of rotatable bonds is 2. The summed E-state index contributed by atoms with van der Waals surface area (Å²) < 4.78 is 7.03. The minimum atomic E-state index is 0.424. The van der Waals surface area contributed by atoms with Crippen LogP contribution >= 0.6 is 0 Å². The summed E-state index contributed by atoms with van der Waals surface area (Å²) in [6.07, 6.45) is 1.76. The van der Waals surface area contributed by atoms with E-state index in [0.717, 1.165) is 10.9 Å². The van der Waals surface area contributed by atoms with E-state index in [9.17, 15) is 0 Å². The van der Waals surface area contributed by atoms with Gasteiger partial charge in [0, 0.05) is 17.6 Å². The van der Waals surface area contributed by atoms with Crippen LogP contribution in [-0.4, -0.2) is 30.2 Å².